The standard InChI is InChI=1S/C94H92N6P2S/c1-89(2,3)57-31-43-63(44-32-57)95-71-23-19-25-73-83(71)101-84-72(95)24-20-26-74(84)99(67-51-39-61(40-52-67)93(13,14)15)81-69-56-80-88-82(70(69)55-79(85(81)101)96(73)64-45-33-58(34-46-64)90(4,5)6)100(68-53-41-62(42-54-68)94(16,17)18)78-30-22-28-76-87(78)102(88,103)86-75(97(76)65-47-35-59(36-48-65)91(7,8)9)27-21-29-77(86)98(80)66-49-37-60(38-50-66)92(10,11)12/h19-56H,1-18H3. The molecule has 514 valence electrons. The zero-order chi connectivity index (χ0) is 71.9. The molecule has 6 aliphatic rings. The van der Waals surface area contributed by atoms with Crippen LogP contribution in [0.2, 0.25) is 0 Å². The van der Waals surface area contributed by atoms with Crippen molar-refractivity contribution in [2.75, 3.05) is 29.4 Å². The van der Waals surface area contributed by atoms with Crippen LogP contribution in [0.4, 0.5) is 102 Å². The van der Waals surface area contributed by atoms with Gasteiger partial charge in [-0.05, 0) is 199 Å². The van der Waals surface area contributed by atoms with Crippen molar-refractivity contribution in [3.8, 4) is 0 Å². The Hall–Kier alpha value is -9.22. The summed E-state index contributed by atoms with van der Waals surface area (Å²) < 4.78 is 0. The third-order valence-corrected chi connectivity index (χ3v) is 30.3. The molecule has 0 amide bonds. The van der Waals surface area contributed by atoms with E-state index in [-0.39, 0.29) is 32.5 Å². The molecule has 103 heavy (non-hydrogen) atoms. The third-order valence-electron chi connectivity index (χ3n) is 22.7. The maximum absolute atomic E-state index is 8.17. The van der Waals surface area contributed by atoms with Crippen LogP contribution in [0.5, 0.6) is 0 Å². The lowest BCUT2D eigenvalue weighted by Gasteiger charge is -2.53. The first-order chi connectivity index (χ1) is 48.8. The molecule has 6 heterocycles. The molecule has 0 radical (unpaired) electrons. The van der Waals surface area contributed by atoms with E-state index in [1.807, 2.05) is 0 Å². The smallest absolute Gasteiger partial charge is 0.0653 e. The summed E-state index contributed by atoms with van der Waals surface area (Å²) in [5.74, 6) is 0. The van der Waals surface area contributed by atoms with E-state index in [9.17, 15) is 0 Å². The Labute approximate surface area is 617 Å². The van der Waals surface area contributed by atoms with E-state index in [4.69, 9.17) is 11.8 Å². The highest BCUT2D eigenvalue weighted by atomic mass is 32.4. The first kappa shape index (κ1) is 65.8. The van der Waals surface area contributed by atoms with Crippen molar-refractivity contribution in [1.82, 2.24) is 0 Å². The Kier molecular flexibility index (Phi) is 14.2. The van der Waals surface area contributed by atoms with Gasteiger partial charge in [-0.15, -0.1) is 0 Å². The molecule has 9 heteroatoms. The van der Waals surface area contributed by atoms with E-state index in [1.54, 1.807) is 0 Å². The molecule has 6 aliphatic heterocycles. The van der Waals surface area contributed by atoms with Gasteiger partial charge in [0.2, 0.25) is 0 Å². The second kappa shape index (κ2) is 22.2. The minimum atomic E-state index is -3.08. The van der Waals surface area contributed by atoms with Crippen molar-refractivity contribution in [3.05, 3.63) is 264 Å². The van der Waals surface area contributed by atoms with Gasteiger partial charge in [-0.25, -0.2) is 0 Å². The molecule has 2 atom stereocenters. The minimum absolute atomic E-state index is 0.00954. The average molecular weight is 1400 g/mol. The predicted molar refractivity (Wildman–Crippen MR) is 450 cm³/mol. The van der Waals surface area contributed by atoms with Crippen LogP contribution in [0.15, 0.2) is 231 Å². The summed E-state index contributed by atoms with van der Waals surface area (Å²) in [4.78, 5) is 15.8. The van der Waals surface area contributed by atoms with Gasteiger partial charge < -0.3 is 29.4 Å². The fraction of sp³-hybridized carbons (Fsp3) is 0.255. The molecule has 12 aromatic rings. The fourth-order valence-corrected chi connectivity index (χ4v) is 25.6. The van der Waals surface area contributed by atoms with Crippen LogP contribution in [-0.4, -0.2) is 0 Å². The molecule has 12 aromatic carbocycles. The lowest BCUT2D eigenvalue weighted by molar-refractivity contribution is 0.590. The van der Waals surface area contributed by atoms with Crippen molar-refractivity contribution >= 4 is 171 Å². The molecule has 18 rings (SSSR count). The van der Waals surface area contributed by atoms with Gasteiger partial charge in [0.25, 0.3) is 0 Å². The van der Waals surface area contributed by atoms with Crippen LogP contribution in [0, 0.1) is 0 Å². The summed E-state index contributed by atoms with van der Waals surface area (Å²) in [6.07, 6.45) is 0. The summed E-state index contributed by atoms with van der Waals surface area (Å²) in [5.41, 5.74) is 28.2. The van der Waals surface area contributed by atoms with E-state index >= 15 is 0 Å². The van der Waals surface area contributed by atoms with E-state index in [2.05, 4.69) is 385 Å². The summed E-state index contributed by atoms with van der Waals surface area (Å²) in [6, 6.07) is 87.6. The van der Waals surface area contributed by atoms with Crippen molar-refractivity contribution < 1.29 is 0 Å². The maximum atomic E-state index is 8.17. The highest BCUT2D eigenvalue weighted by Gasteiger charge is 2.54. The summed E-state index contributed by atoms with van der Waals surface area (Å²) in [5, 5.41) is 10.1. The van der Waals surface area contributed by atoms with Crippen molar-refractivity contribution in [1.29, 1.82) is 0 Å². The molecule has 0 fully saturated rings. The maximum Gasteiger partial charge on any atom is 0.0653 e. The molecule has 0 saturated carbocycles. The van der Waals surface area contributed by atoms with Crippen LogP contribution in [0.3, 0.4) is 0 Å². The van der Waals surface area contributed by atoms with Gasteiger partial charge in [0.1, 0.15) is 0 Å². The molecular weight excluding hydrogens is 1310 g/mol. The monoisotopic (exact) mass is 1400 g/mol. The number of hydrogen-bond donors (Lipinski definition) is 0. The van der Waals surface area contributed by atoms with Crippen LogP contribution < -0.4 is 61.2 Å². The Bertz CT molecular complexity index is 5560. The second-order valence-electron chi connectivity index (χ2n) is 35.6. The van der Waals surface area contributed by atoms with Crippen molar-refractivity contribution in [3.63, 3.8) is 0 Å². The normalized spacial score (nSPS) is 16.9. The van der Waals surface area contributed by atoms with Gasteiger partial charge in [-0.2, -0.15) is 0 Å². The zero-order valence-electron chi connectivity index (χ0n) is 62.9. The van der Waals surface area contributed by atoms with Crippen LogP contribution in [0.25, 0.3) is 10.8 Å². The largest absolute Gasteiger partial charge is 0.309 e. The van der Waals surface area contributed by atoms with Gasteiger partial charge in [-0.1, -0.05) is 233 Å². The van der Waals surface area contributed by atoms with Crippen LogP contribution >= 0.6 is 14.0 Å². The zero-order valence-corrected chi connectivity index (χ0v) is 65.5. The molecule has 0 saturated heterocycles. The van der Waals surface area contributed by atoms with Crippen molar-refractivity contribution in [2.45, 2.75) is 157 Å². The molecule has 0 aliphatic carbocycles. The van der Waals surface area contributed by atoms with Crippen molar-refractivity contribution in [2.24, 2.45) is 0 Å². The first-order valence-corrected chi connectivity index (χ1v) is 41.0. The van der Waals surface area contributed by atoms with Gasteiger partial charge in [-0.3, -0.25) is 0 Å². The van der Waals surface area contributed by atoms with E-state index < -0.39 is 14.0 Å². The molecule has 0 spiro atoms. The lowest BCUT2D eigenvalue weighted by Crippen LogP contribution is -2.48. The topological polar surface area (TPSA) is 19.4 Å². The Morgan fingerprint density at radius 3 is 0.767 bits per heavy atom. The molecular formula is C94H92N6P2S. The molecule has 0 N–H and O–H groups in total. The summed E-state index contributed by atoms with van der Waals surface area (Å²) in [7, 11) is -1.26. The lowest BCUT2D eigenvalue weighted by atomic mass is 9.87. The Morgan fingerprint density at radius 2 is 0.456 bits per heavy atom. The molecule has 6 nitrogen and oxygen atoms in total. The minimum Gasteiger partial charge on any atom is -0.309 e. The number of rotatable bonds is 6. The molecule has 0 aromatic heterocycles. The third kappa shape index (κ3) is 9.70. The highest BCUT2D eigenvalue weighted by molar-refractivity contribution is 8.26. The van der Waals surface area contributed by atoms with E-state index in [0.29, 0.717) is 0 Å². The highest BCUT2D eigenvalue weighted by Crippen LogP contribution is 2.71. The Morgan fingerprint density at radius 1 is 0.233 bits per heavy atom. The van der Waals surface area contributed by atoms with Gasteiger partial charge in [0.05, 0.1) is 74.3 Å². The quantitative estimate of drug-likeness (QED) is 0.153. The number of fused-ring (bicyclic) bond motifs is 3. The molecule has 2 unspecified atom stereocenters. The SMILES string of the molecule is CC(C)(C)c1ccc(N2c3cccc4c3P3c5c2cccc5N(c2ccc(C(C)(C)C)cc2)c2c3c(cc3c5c6c(cc23)N(c2ccc(C(C)(C)C)cc2)c2cccc3c2P6(=S)c2c(cccc2N5c2ccc(C(C)(C)C)cc2)N3c2ccc(C(C)(C)C)cc2)N4c2ccc(C(C)(C)C)cc2)cc1. The number of anilines is 18. The number of benzene rings is 12. The van der Waals surface area contributed by atoms with E-state index in [1.165, 1.54) is 105 Å². The summed E-state index contributed by atoms with van der Waals surface area (Å²) >= 11 is 8.17. The van der Waals surface area contributed by atoms with Crippen LogP contribution in [0.1, 0.15) is 158 Å². The number of nitrogens with zero attached hydrogens (tertiary/aromatic N) is 6. The van der Waals surface area contributed by atoms with Gasteiger partial charge >= 0.3 is 0 Å². The van der Waals surface area contributed by atoms with E-state index in [0.717, 1.165) is 73.6 Å². The number of hydrogen-bond acceptors (Lipinski definition) is 7. The predicted octanol–water partition coefficient (Wildman–Crippen LogP) is 24.8. The fourth-order valence-electron chi connectivity index (χ4n) is 17.1. The Balaban J connectivity index is 1.03. The van der Waals surface area contributed by atoms with Gasteiger partial charge in [0.15, 0.2) is 0 Å². The van der Waals surface area contributed by atoms with Gasteiger partial charge in [0, 0.05) is 84.6 Å². The first-order valence-electron chi connectivity index (χ1n) is 36.9. The average Bonchev–Trinajstić information content (AvgIpc) is 0.653. The summed E-state index contributed by atoms with van der Waals surface area (Å²) in [6.45, 7) is 41.7. The molecule has 0 bridgehead atoms. The van der Waals surface area contributed by atoms with Crippen LogP contribution in [-0.2, 0) is 44.3 Å². The second-order valence-corrected chi connectivity index (χ2v) is 41.8.